The van der Waals surface area contributed by atoms with E-state index in [1.807, 2.05) is 36.4 Å². The fourth-order valence-electron chi connectivity index (χ4n) is 3.21. The topological polar surface area (TPSA) is 72.5 Å². The third kappa shape index (κ3) is 4.73. The molecule has 1 aliphatic heterocycles. The van der Waals surface area contributed by atoms with Gasteiger partial charge in [0.05, 0.1) is 25.8 Å². The number of carbonyl (C=O) groups excluding carboxylic acids is 1. The molecule has 3 rings (SSSR count). The Kier molecular flexibility index (Phi) is 6.44. The molecule has 0 bridgehead atoms. The van der Waals surface area contributed by atoms with Gasteiger partial charge in [0.25, 0.3) is 0 Å². The zero-order chi connectivity index (χ0) is 18.2. The summed E-state index contributed by atoms with van der Waals surface area (Å²) >= 11 is 0. The lowest BCUT2D eigenvalue weighted by atomic mass is 9.96. The lowest BCUT2D eigenvalue weighted by molar-refractivity contribution is -0.125. The summed E-state index contributed by atoms with van der Waals surface area (Å²) < 4.78 is 11.1. The summed E-state index contributed by atoms with van der Waals surface area (Å²) in [6.07, 6.45) is 4.14. The number of ether oxygens (including phenoxy) is 2. The second-order valence-corrected chi connectivity index (χ2v) is 6.38. The SMILES string of the molecule is COc1ccccc1CCNC(=O)[C@@H]1CNC[C@H]1COc1cccnc1. The van der Waals surface area contributed by atoms with Gasteiger partial charge in [-0.2, -0.15) is 0 Å². The fraction of sp³-hybridized carbons (Fsp3) is 0.400. The number of rotatable bonds is 8. The maximum Gasteiger partial charge on any atom is 0.224 e. The molecule has 1 saturated heterocycles. The number of para-hydroxylation sites is 1. The van der Waals surface area contributed by atoms with Crippen LogP contribution in [0.2, 0.25) is 0 Å². The molecule has 2 aromatic rings. The summed E-state index contributed by atoms with van der Waals surface area (Å²) in [5, 5.41) is 6.34. The van der Waals surface area contributed by atoms with E-state index in [1.54, 1.807) is 19.5 Å². The monoisotopic (exact) mass is 355 g/mol. The summed E-state index contributed by atoms with van der Waals surface area (Å²) in [5.74, 6) is 1.73. The van der Waals surface area contributed by atoms with Gasteiger partial charge in [-0.15, -0.1) is 0 Å². The number of hydrogen-bond acceptors (Lipinski definition) is 5. The van der Waals surface area contributed by atoms with Crippen molar-refractivity contribution < 1.29 is 14.3 Å². The molecule has 0 spiro atoms. The van der Waals surface area contributed by atoms with Gasteiger partial charge in [0, 0.05) is 31.7 Å². The Morgan fingerprint density at radius 1 is 1.27 bits per heavy atom. The minimum absolute atomic E-state index is 0.0738. The molecule has 2 atom stereocenters. The van der Waals surface area contributed by atoms with E-state index in [9.17, 15) is 4.79 Å². The Balaban J connectivity index is 1.47. The van der Waals surface area contributed by atoms with E-state index in [2.05, 4.69) is 15.6 Å². The van der Waals surface area contributed by atoms with Gasteiger partial charge >= 0.3 is 0 Å². The van der Waals surface area contributed by atoms with Crippen LogP contribution >= 0.6 is 0 Å². The first-order valence-corrected chi connectivity index (χ1v) is 8.91. The number of methoxy groups -OCH3 is 1. The third-order valence-corrected chi connectivity index (χ3v) is 4.66. The summed E-state index contributed by atoms with van der Waals surface area (Å²) in [7, 11) is 1.66. The standard InChI is InChI=1S/C20H25N3O3/c1-25-19-7-3-2-5-15(19)8-10-23-20(24)18-13-22-11-16(18)14-26-17-6-4-9-21-12-17/h2-7,9,12,16,18,22H,8,10-11,13-14H2,1H3,(H,23,24)/t16-,18+/m0/s1. The molecule has 138 valence electrons. The van der Waals surface area contributed by atoms with Crippen molar-refractivity contribution in [3.05, 3.63) is 54.4 Å². The van der Waals surface area contributed by atoms with Crippen molar-refractivity contribution in [1.82, 2.24) is 15.6 Å². The lowest BCUT2D eigenvalue weighted by Crippen LogP contribution is -2.37. The van der Waals surface area contributed by atoms with Gasteiger partial charge in [0.15, 0.2) is 0 Å². The van der Waals surface area contributed by atoms with Crippen molar-refractivity contribution in [2.24, 2.45) is 11.8 Å². The van der Waals surface area contributed by atoms with Gasteiger partial charge in [-0.3, -0.25) is 9.78 Å². The third-order valence-electron chi connectivity index (χ3n) is 4.66. The van der Waals surface area contributed by atoms with Crippen LogP contribution < -0.4 is 20.1 Å². The van der Waals surface area contributed by atoms with Crippen molar-refractivity contribution in [3.63, 3.8) is 0 Å². The van der Waals surface area contributed by atoms with Gasteiger partial charge < -0.3 is 20.1 Å². The van der Waals surface area contributed by atoms with E-state index in [1.165, 1.54) is 0 Å². The largest absolute Gasteiger partial charge is 0.496 e. The normalized spacial score (nSPS) is 19.1. The van der Waals surface area contributed by atoms with Gasteiger partial charge in [0.1, 0.15) is 11.5 Å². The first-order chi connectivity index (χ1) is 12.8. The van der Waals surface area contributed by atoms with Gasteiger partial charge in [-0.05, 0) is 30.2 Å². The maximum absolute atomic E-state index is 12.6. The highest BCUT2D eigenvalue weighted by Gasteiger charge is 2.33. The van der Waals surface area contributed by atoms with Crippen molar-refractivity contribution >= 4 is 5.91 Å². The Morgan fingerprint density at radius 2 is 2.15 bits per heavy atom. The molecule has 6 nitrogen and oxygen atoms in total. The van der Waals surface area contributed by atoms with Crippen molar-refractivity contribution in [2.45, 2.75) is 6.42 Å². The molecule has 0 radical (unpaired) electrons. The number of nitrogens with zero attached hydrogens (tertiary/aromatic N) is 1. The fourth-order valence-corrected chi connectivity index (χ4v) is 3.21. The van der Waals surface area contributed by atoms with Gasteiger partial charge in [-0.1, -0.05) is 18.2 Å². The average molecular weight is 355 g/mol. The highest BCUT2D eigenvalue weighted by atomic mass is 16.5. The average Bonchev–Trinajstić information content (AvgIpc) is 3.16. The van der Waals surface area contributed by atoms with Crippen molar-refractivity contribution in [3.8, 4) is 11.5 Å². The predicted molar refractivity (Wildman–Crippen MR) is 99.3 cm³/mol. The molecule has 0 saturated carbocycles. The van der Waals surface area contributed by atoms with E-state index >= 15 is 0 Å². The van der Waals surface area contributed by atoms with E-state index in [0.29, 0.717) is 19.7 Å². The first-order valence-electron chi connectivity index (χ1n) is 8.91. The maximum atomic E-state index is 12.6. The molecule has 1 aromatic carbocycles. The van der Waals surface area contributed by atoms with Crippen LogP contribution in [0, 0.1) is 11.8 Å². The number of hydrogen-bond donors (Lipinski definition) is 2. The predicted octanol–water partition coefficient (Wildman–Crippen LogP) is 1.66. The molecule has 2 heterocycles. The number of aromatic nitrogens is 1. The minimum Gasteiger partial charge on any atom is -0.496 e. The van der Waals surface area contributed by atoms with Crippen LogP contribution in [0.1, 0.15) is 5.56 Å². The zero-order valence-corrected chi connectivity index (χ0v) is 15.0. The molecule has 1 aliphatic rings. The number of pyridine rings is 1. The molecule has 0 aliphatic carbocycles. The number of amides is 1. The highest BCUT2D eigenvalue weighted by molar-refractivity contribution is 5.79. The number of carbonyl (C=O) groups is 1. The van der Waals surface area contributed by atoms with Gasteiger partial charge in [-0.25, -0.2) is 0 Å². The van der Waals surface area contributed by atoms with E-state index in [4.69, 9.17) is 9.47 Å². The van der Waals surface area contributed by atoms with Crippen LogP contribution in [0.5, 0.6) is 11.5 Å². The van der Waals surface area contributed by atoms with Crippen LogP contribution in [0.4, 0.5) is 0 Å². The molecular formula is C20H25N3O3. The summed E-state index contributed by atoms with van der Waals surface area (Å²) in [6.45, 7) is 2.56. The Labute approximate surface area is 153 Å². The second-order valence-electron chi connectivity index (χ2n) is 6.38. The first kappa shape index (κ1) is 18.2. The Bertz CT molecular complexity index is 708. The summed E-state index contributed by atoms with van der Waals surface area (Å²) in [5.41, 5.74) is 1.09. The van der Waals surface area contributed by atoms with Gasteiger partial charge in [0.2, 0.25) is 5.91 Å². The van der Waals surface area contributed by atoms with Crippen LogP contribution in [0.3, 0.4) is 0 Å². The minimum atomic E-state index is -0.0793. The molecular weight excluding hydrogens is 330 g/mol. The molecule has 1 aromatic heterocycles. The van der Waals surface area contributed by atoms with E-state index in [0.717, 1.165) is 30.0 Å². The summed E-state index contributed by atoms with van der Waals surface area (Å²) in [6, 6.07) is 11.6. The van der Waals surface area contributed by atoms with Crippen LogP contribution in [0.15, 0.2) is 48.8 Å². The second kappa shape index (κ2) is 9.20. The zero-order valence-electron chi connectivity index (χ0n) is 15.0. The van der Waals surface area contributed by atoms with Crippen LogP contribution in [-0.2, 0) is 11.2 Å². The molecule has 1 fully saturated rings. The molecule has 6 heteroatoms. The van der Waals surface area contributed by atoms with Crippen molar-refractivity contribution in [1.29, 1.82) is 0 Å². The molecule has 2 N–H and O–H groups in total. The van der Waals surface area contributed by atoms with E-state index in [-0.39, 0.29) is 17.7 Å². The number of benzene rings is 1. The smallest absolute Gasteiger partial charge is 0.224 e. The lowest BCUT2D eigenvalue weighted by Gasteiger charge is -2.19. The Morgan fingerprint density at radius 3 is 2.96 bits per heavy atom. The highest BCUT2D eigenvalue weighted by Crippen LogP contribution is 2.20. The molecule has 26 heavy (non-hydrogen) atoms. The summed E-state index contributed by atoms with van der Waals surface area (Å²) in [4.78, 5) is 16.6. The quantitative estimate of drug-likeness (QED) is 0.754. The van der Waals surface area contributed by atoms with Crippen LogP contribution in [-0.4, -0.2) is 44.2 Å². The molecule has 0 unspecified atom stereocenters. The Hall–Kier alpha value is -2.60. The van der Waals surface area contributed by atoms with E-state index < -0.39 is 0 Å². The van der Waals surface area contributed by atoms with Crippen molar-refractivity contribution in [2.75, 3.05) is 33.4 Å². The van der Waals surface area contributed by atoms with Crippen LogP contribution in [0.25, 0.3) is 0 Å². The molecule has 1 amide bonds. The number of nitrogens with one attached hydrogen (secondary N) is 2.